The Bertz CT molecular complexity index is 786. The lowest BCUT2D eigenvalue weighted by Crippen LogP contribution is -2.31. The Balaban J connectivity index is 1.46. The number of nitrogens with zero attached hydrogens (tertiary/aromatic N) is 2. The first-order valence-corrected chi connectivity index (χ1v) is 9.15. The van der Waals surface area contributed by atoms with Crippen LogP contribution in [0.5, 0.6) is 0 Å². The summed E-state index contributed by atoms with van der Waals surface area (Å²) in [6.07, 6.45) is 6.77. The van der Waals surface area contributed by atoms with Crippen LogP contribution in [0, 0.1) is 31.6 Å². The van der Waals surface area contributed by atoms with Gasteiger partial charge in [0, 0.05) is 12.1 Å². The Kier molecular flexibility index (Phi) is 3.99. The average Bonchev–Trinajstić information content (AvgIpc) is 3.17. The van der Waals surface area contributed by atoms with E-state index in [-0.39, 0.29) is 5.91 Å². The molecule has 1 heterocycles. The van der Waals surface area contributed by atoms with E-state index in [1.807, 2.05) is 32.0 Å². The van der Waals surface area contributed by atoms with Crippen LogP contribution < -0.4 is 5.32 Å². The summed E-state index contributed by atoms with van der Waals surface area (Å²) in [5, 5.41) is 3.16. The number of hydrogen-bond donors (Lipinski definition) is 1. The summed E-state index contributed by atoms with van der Waals surface area (Å²) in [4.78, 5) is 21.6. The van der Waals surface area contributed by atoms with Crippen molar-refractivity contribution in [2.75, 3.05) is 6.54 Å². The molecule has 0 radical (unpaired) electrons. The normalized spacial score (nSPS) is 25.8. The molecule has 1 aromatic heterocycles. The highest BCUT2D eigenvalue weighted by Crippen LogP contribution is 2.47. The Morgan fingerprint density at radius 2 is 1.88 bits per heavy atom. The summed E-state index contributed by atoms with van der Waals surface area (Å²) in [6, 6.07) is 5.61. The standard InChI is InChI=1S/C20H25N3O/c1-12-13(2)23-19-10-15(8-9-18(19)22-12)20(24)21-11-16-7-6-14-4-3-5-17(14)16/h8-10,14,16-17H,3-7,11H2,1-2H3,(H,21,24)/t14-,16+,17-/m0/s1. The summed E-state index contributed by atoms with van der Waals surface area (Å²) in [6.45, 7) is 4.73. The molecule has 24 heavy (non-hydrogen) atoms. The Hall–Kier alpha value is -1.97. The van der Waals surface area contributed by atoms with E-state index < -0.39 is 0 Å². The van der Waals surface area contributed by atoms with Crippen molar-refractivity contribution in [1.29, 1.82) is 0 Å². The molecule has 2 aliphatic rings. The van der Waals surface area contributed by atoms with Crippen molar-refractivity contribution < 1.29 is 4.79 Å². The molecular formula is C20H25N3O. The van der Waals surface area contributed by atoms with E-state index in [1.54, 1.807) is 0 Å². The first-order valence-electron chi connectivity index (χ1n) is 9.15. The van der Waals surface area contributed by atoms with Crippen molar-refractivity contribution in [3.05, 3.63) is 35.2 Å². The zero-order chi connectivity index (χ0) is 16.7. The van der Waals surface area contributed by atoms with Gasteiger partial charge >= 0.3 is 0 Å². The zero-order valence-corrected chi connectivity index (χ0v) is 14.5. The largest absolute Gasteiger partial charge is 0.352 e. The summed E-state index contributed by atoms with van der Waals surface area (Å²) >= 11 is 0. The fraction of sp³-hybridized carbons (Fsp3) is 0.550. The molecule has 2 aromatic rings. The molecule has 2 fully saturated rings. The van der Waals surface area contributed by atoms with E-state index in [4.69, 9.17) is 0 Å². The monoisotopic (exact) mass is 323 g/mol. The van der Waals surface area contributed by atoms with E-state index in [0.29, 0.717) is 11.5 Å². The maximum atomic E-state index is 12.5. The fourth-order valence-electron chi connectivity index (χ4n) is 4.64. The van der Waals surface area contributed by atoms with Crippen LogP contribution in [-0.4, -0.2) is 22.4 Å². The van der Waals surface area contributed by atoms with Gasteiger partial charge in [-0.1, -0.05) is 12.8 Å². The van der Waals surface area contributed by atoms with Crippen LogP contribution in [0.1, 0.15) is 53.8 Å². The Morgan fingerprint density at radius 3 is 2.71 bits per heavy atom. The van der Waals surface area contributed by atoms with Crippen LogP contribution in [-0.2, 0) is 0 Å². The molecule has 0 bridgehead atoms. The second-order valence-electron chi connectivity index (χ2n) is 7.50. The molecule has 4 rings (SSSR count). The van der Waals surface area contributed by atoms with Gasteiger partial charge in [-0.25, -0.2) is 9.97 Å². The quantitative estimate of drug-likeness (QED) is 0.934. The summed E-state index contributed by atoms with van der Waals surface area (Å²) in [7, 11) is 0. The number of amides is 1. The van der Waals surface area contributed by atoms with Gasteiger partial charge in [-0.2, -0.15) is 0 Å². The van der Waals surface area contributed by atoms with Crippen molar-refractivity contribution in [2.24, 2.45) is 17.8 Å². The minimum Gasteiger partial charge on any atom is -0.352 e. The first kappa shape index (κ1) is 15.6. The van der Waals surface area contributed by atoms with Crippen molar-refractivity contribution in [3.8, 4) is 0 Å². The van der Waals surface area contributed by atoms with Crippen LogP contribution in [0.3, 0.4) is 0 Å². The third-order valence-electron chi connectivity index (χ3n) is 6.09. The van der Waals surface area contributed by atoms with E-state index in [0.717, 1.165) is 40.8 Å². The minimum absolute atomic E-state index is 0.0124. The van der Waals surface area contributed by atoms with E-state index in [1.165, 1.54) is 32.1 Å². The number of rotatable bonds is 3. The van der Waals surface area contributed by atoms with E-state index >= 15 is 0 Å². The van der Waals surface area contributed by atoms with Crippen molar-refractivity contribution in [1.82, 2.24) is 15.3 Å². The molecule has 4 heteroatoms. The number of carbonyl (C=O) groups excluding carboxylic acids is 1. The smallest absolute Gasteiger partial charge is 0.251 e. The first-order chi connectivity index (χ1) is 11.6. The van der Waals surface area contributed by atoms with Gasteiger partial charge in [-0.3, -0.25) is 4.79 Å². The number of nitrogens with one attached hydrogen (secondary N) is 1. The maximum absolute atomic E-state index is 12.5. The molecule has 0 spiro atoms. The number of hydrogen-bond acceptors (Lipinski definition) is 3. The van der Waals surface area contributed by atoms with Crippen LogP contribution in [0.25, 0.3) is 11.0 Å². The predicted molar refractivity (Wildman–Crippen MR) is 94.9 cm³/mol. The van der Waals surface area contributed by atoms with Crippen molar-refractivity contribution in [3.63, 3.8) is 0 Å². The Morgan fingerprint density at radius 1 is 1.08 bits per heavy atom. The van der Waals surface area contributed by atoms with Gasteiger partial charge < -0.3 is 5.32 Å². The molecule has 126 valence electrons. The van der Waals surface area contributed by atoms with Gasteiger partial charge in [0.05, 0.1) is 22.4 Å². The summed E-state index contributed by atoms with van der Waals surface area (Å²) < 4.78 is 0. The van der Waals surface area contributed by atoms with Gasteiger partial charge in [-0.15, -0.1) is 0 Å². The number of aryl methyl sites for hydroxylation is 2. The van der Waals surface area contributed by atoms with Gasteiger partial charge in [0.15, 0.2) is 0 Å². The van der Waals surface area contributed by atoms with Crippen molar-refractivity contribution in [2.45, 2.75) is 46.0 Å². The second-order valence-corrected chi connectivity index (χ2v) is 7.50. The molecule has 0 saturated heterocycles. The molecule has 0 aliphatic heterocycles. The highest BCUT2D eigenvalue weighted by Gasteiger charge is 2.38. The van der Waals surface area contributed by atoms with Crippen LogP contribution in [0.2, 0.25) is 0 Å². The fourth-order valence-corrected chi connectivity index (χ4v) is 4.64. The van der Waals surface area contributed by atoms with Crippen LogP contribution in [0.15, 0.2) is 18.2 Å². The lowest BCUT2D eigenvalue weighted by Gasteiger charge is -2.19. The van der Waals surface area contributed by atoms with Gasteiger partial charge in [0.2, 0.25) is 0 Å². The molecule has 1 aromatic carbocycles. The lowest BCUT2D eigenvalue weighted by atomic mass is 9.92. The van der Waals surface area contributed by atoms with Gasteiger partial charge in [0.25, 0.3) is 5.91 Å². The van der Waals surface area contributed by atoms with E-state index in [2.05, 4.69) is 15.3 Å². The van der Waals surface area contributed by atoms with E-state index in [9.17, 15) is 4.79 Å². The molecular weight excluding hydrogens is 298 g/mol. The molecule has 4 nitrogen and oxygen atoms in total. The molecule has 2 saturated carbocycles. The number of benzene rings is 1. The summed E-state index contributed by atoms with van der Waals surface area (Å²) in [5.74, 6) is 2.46. The maximum Gasteiger partial charge on any atom is 0.251 e. The zero-order valence-electron chi connectivity index (χ0n) is 14.5. The lowest BCUT2D eigenvalue weighted by molar-refractivity contribution is 0.0943. The number of carbonyl (C=O) groups is 1. The highest BCUT2D eigenvalue weighted by atomic mass is 16.1. The topological polar surface area (TPSA) is 54.9 Å². The Labute approximate surface area is 143 Å². The number of aromatic nitrogens is 2. The minimum atomic E-state index is 0.0124. The highest BCUT2D eigenvalue weighted by molar-refractivity contribution is 5.97. The van der Waals surface area contributed by atoms with Crippen molar-refractivity contribution >= 4 is 16.9 Å². The molecule has 3 atom stereocenters. The molecule has 1 N–H and O–H groups in total. The van der Waals surface area contributed by atoms with Gasteiger partial charge in [-0.05, 0) is 69.1 Å². The molecule has 2 aliphatic carbocycles. The second kappa shape index (κ2) is 6.15. The third kappa shape index (κ3) is 2.79. The van der Waals surface area contributed by atoms with Gasteiger partial charge in [0.1, 0.15) is 0 Å². The summed E-state index contributed by atoms with van der Waals surface area (Å²) in [5.41, 5.74) is 4.17. The molecule has 1 amide bonds. The predicted octanol–water partition coefficient (Wildman–Crippen LogP) is 3.80. The van der Waals surface area contributed by atoms with Crippen LogP contribution in [0.4, 0.5) is 0 Å². The third-order valence-corrected chi connectivity index (χ3v) is 6.09. The SMILES string of the molecule is Cc1nc2ccc(C(=O)NC[C@H]3CC[C@@H]4CCC[C@@H]43)cc2nc1C. The molecule has 0 unspecified atom stereocenters. The van der Waals surface area contributed by atoms with Crippen LogP contribution >= 0.6 is 0 Å². The number of fused-ring (bicyclic) bond motifs is 2. The average molecular weight is 323 g/mol.